The van der Waals surface area contributed by atoms with Crippen molar-refractivity contribution in [1.29, 1.82) is 0 Å². The van der Waals surface area contributed by atoms with Crippen molar-refractivity contribution in [3.05, 3.63) is 71.4 Å². The fourth-order valence-corrected chi connectivity index (χ4v) is 4.48. The van der Waals surface area contributed by atoms with Gasteiger partial charge in [-0.2, -0.15) is 0 Å². The molecule has 0 bridgehead atoms. The molecule has 1 fully saturated rings. The Hall–Kier alpha value is -4.01. The molecule has 0 spiro atoms. The summed E-state index contributed by atoms with van der Waals surface area (Å²) < 4.78 is 22.0. The average Bonchev–Trinajstić information content (AvgIpc) is 3.20. The molecule has 2 heterocycles. The van der Waals surface area contributed by atoms with Crippen LogP contribution in [0.5, 0.6) is 17.2 Å². The predicted molar refractivity (Wildman–Crippen MR) is 130 cm³/mol. The van der Waals surface area contributed by atoms with Crippen molar-refractivity contribution in [3.63, 3.8) is 0 Å². The van der Waals surface area contributed by atoms with Crippen LogP contribution in [0.3, 0.4) is 0 Å². The van der Waals surface area contributed by atoms with Crippen LogP contribution in [0.15, 0.2) is 52.9 Å². The number of nitrogens with zero attached hydrogens (tertiary/aromatic N) is 2. The predicted octanol–water partition coefficient (Wildman–Crippen LogP) is 5.10. The van der Waals surface area contributed by atoms with Gasteiger partial charge in [0.05, 0.1) is 25.5 Å². The molecular formula is C27H30N2O7. The number of carboxylic acids is 1. The highest BCUT2D eigenvalue weighted by atomic mass is 16.6. The summed E-state index contributed by atoms with van der Waals surface area (Å²) in [6.45, 7) is 4.13. The van der Waals surface area contributed by atoms with Gasteiger partial charge in [0.15, 0.2) is 5.89 Å². The fraction of sp³-hybridized carbons (Fsp3) is 0.370. The number of rotatable bonds is 8. The zero-order chi connectivity index (χ0) is 25.7. The van der Waals surface area contributed by atoms with Crippen LogP contribution in [0, 0.1) is 13.8 Å². The number of carboxylic acid groups (broad SMARTS) is 1. The SMILES string of the molecule is COc1ccc(OC(=O)N2[C@@H](c3ccc(OCCc4nc(C)oc4C)cc3)CCC[C@H]2C(=O)O)cc1. The molecule has 190 valence electrons. The lowest BCUT2D eigenvalue weighted by Gasteiger charge is -2.39. The molecule has 4 rings (SSSR count). The molecule has 3 aromatic rings. The van der Waals surface area contributed by atoms with E-state index in [0.717, 1.165) is 17.0 Å². The lowest BCUT2D eigenvalue weighted by molar-refractivity contribution is -0.144. The third kappa shape index (κ3) is 5.79. The van der Waals surface area contributed by atoms with E-state index in [1.807, 2.05) is 38.1 Å². The molecule has 9 heteroatoms. The molecule has 0 unspecified atom stereocenters. The summed E-state index contributed by atoms with van der Waals surface area (Å²) in [5.74, 6) is 1.99. The van der Waals surface area contributed by atoms with Crippen LogP contribution in [0.2, 0.25) is 0 Å². The first-order chi connectivity index (χ1) is 17.4. The van der Waals surface area contributed by atoms with Gasteiger partial charge in [0.25, 0.3) is 0 Å². The highest BCUT2D eigenvalue weighted by molar-refractivity contribution is 5.81. The van der Waals surface area contributed by atoms with E-state index in [0.29, 0.717) is 55.4 Å². The first-order valence-electron chi connectivity index (χ1n) is 11.9. The minimum Gasteiger partial charge on any atom is -0.497 e. The largest absolute Gasteiger partial charge is 0.497 e. The number of hydrogen-bond donors (Lipinski definition) is 1. The molecular weight excluding hydrogens is 464 g/mol. The first kappa shape index (κ1) is 25.1. The number of carbonyl (C=O) groups excluding carboxylic acids is 1. The molecule has 36 heavy (non-hydrogen) atoms. The molecule has 0 radical (unpaired) electrons. The van der Waals surface area contributed by atoms with Gasteiger partial charge >= 0.3 is 12.1 Å². The van der Waals surface area contributed by atoms with Crippen molar-refractivity contribution in [2.45, 2.75) is 51.6 Å². The van der Waals surface area contributed by atoms with Crippen molar-refractivity contribution < 1.29 is 33.3 Å². The quantitative estimate of drug-likeness (QED) is 0.460. The zero-order valence-electron chi connectivity index (χ0n) is 20.6. The topological polar surface area (TPSA) is 111 Å². The summed E-state index contributed by atoms with van der Waals surface area (Å²) in [6, 6.07) is 12.6. The molecule has 1 N–H and O–H groups in total. The van der Waals surface area contributed by atoms with Gasteiger partial charge in [0.1, 0.15) is 29.1 Å². The van der Waals surface area contributed by atoms with E-state index in [1.165, 1.54) is 4.90 Å². The highest BCUT2D eigenvalue weighted by Crippen LogP contribution is 2.36. The van der Waals surface area contributed by atoms with Crippen LogP contribution in [0.1, 0.15) is 48.2 Å². The number of carbonyl (C=O) groups is 2. The maximum Gasteiger partial charge on any atom is 0.416 e. The second kappa shape index (κ2) is 11.2. The highest BCUT2D eigenvalue weighted by Gasteiger charge is 2.40. The van der Waals surface area contributed by atoms with Crippen LogP contribution in [-0.2, 0) is 11.2 Å². The number of methoxy groups -OCH3 is 1. The molecule has 0 aliphatic carbocycles. The van der Waals surface area contributed by atoms with Crippen LogP contribution in [-0.4, -0.2) is 46.8 Å². The van der Waals surface area contributed by atoms with Gasteiger partial charge in [0.2, 0.25) is 0 Å². The summed E-state index contributed by atoms with van der Waals surface area (Å²) in [4.78, 5) is 30.8. The third-order valence-corrected chi connectivity index (χ3v) is 6.26. The lowest BCUT2D eigenvalue weighted by atomic mass is 9.91. The zero-order valence-corrected chi connectivity index (χ0v) is 20.6. The van der Waals surface area contributed by atoms with Gasteiger partial charge in [-0.3, -0.25) is 4.90 Å². The van der Waals surface area contributed by atoms with Crippen LogP contribution in [0.25, 0.3) is 0 Å². The second-order valence-electron chi connectivity index (χ2n) is 8.65. The van der Waals surface area contributed by atoms with E-state index >= 15 is 0 Å². The number of piperidine rings is 1. The van der Waals surface area contributed by atoms with E-state index in [2.05, 4.69) is 4.98 Å². The molecule has 1 saturated heterocycles. The number of benzene rings is 2. The minimum absolute atomic E-state index is 0.315. The minimum atomic E-state index is -1.05. The summed E-state index contributed by atoms with van der Waals surface area (Å²) in [5, 5.41) is 9.82. The Bertz CT molecular complexity index is 1190. The van der Waals surface area contributed by atoms with Gasteiger partial charge in [-0.1, -0.05) is 12.1 Å². The van der Waals surface area contributed by atoms with Gasteiger partial charge < -0.3 is 23.7 Å². The summed E-state index contributed by atoms with van der Waals surface area (Å²) in [6.07, 6.45) is 1.61. The van der Waals surface area contributed by atoms with Crippen molar-refractivity contribution in [2.24, 2.45) is 0 Å². The maximum absolute atomic E-state index is 13.2. The van der Waals surface area contributed by atoms with Gasteiger partial charge in [-0.05, 0) is 68.1 Å². The molecule has 0 saturated carbocycles. The Labute approximate surface area is 209 Å². The van der Waals surface area contributed by atoms with Gasteiger partial charge in [-0.25, -0.2) is 14.6 Å². The van der Waals surface area contributed by atoms with E-state index < -0.39 is 24.1 Å². The monoisotopic (exact) mass is 494 g/mol. The third-order valence-electron chi connectivity index (χ3n) is 6.26. The van der Waals surface area contributed by atoms with Gasteiger partial charge in [-0.15, -0.1) is 0 Å². The van der Waals surface area contributed by atoms with Crippen molar-refractivity contribution >= 4 is 12.1 Å². The standard InChI is InChI=1S/C27H30N2O7/c1-17-23(28-18(2)35-17)15-16-34-21-9-7-19(8-10-21)24-5-4-6-25(26(30)31)29(24)27(32)36-22-13-11-20(33-3)12-14-22/h7-14,24-25H,4-6,15-16H2,1-3H3,(H,30,31)/t24-,25+/m1/s1. The lowest BCUT2D eigenvalue weighted by Crippen LogP contribution is -2.50. The van der Waals surface area contributed by atoms with E-state index in [9.17, 15) is 14.7 Å². The number of aliphatic carboxylic acids is 1. The Morgan fingerprint density at radius 2 is 1.69 bits per heavy atom. The number of hydrogen-bond acceptors (Lipinski definition) is 7. The van der Waals surface area contributed by atoms with E-state index in [1.54, 1.807) is 31.4 Å². The van der Waals surface area contributed by atoms with Crippen molar-refractivity contribution in [1.82, 2.24) is 9.88 Å². The van der Waals surface area contributed by atoms with Crippen LogP contribution < -0.4 is 14.2 Å². The Morgan fingerprint density at radius 1 is 1.03 bits per heavy atom. The van der Waals surface area contributed by atoms with Crippen LogP contribution >= 0.6 is 0 Å². The van der Waals surface area contributed by atoms with E-state index in [-0.39, 0.29) is 0 Å². The Morgan fingerprint density at radius 3 is 2.31 bits per heavy atom. The summed E-state index contributed by atoms with van der Waals surface area (Å²) in [5.41, 5.74) is 1.69. The number of amides is 1. The second-order valence-corrected chi connectivity index (χ2v) is 8.65. The Kier molecular flexibility index (Phi) is 7.77. The average molecular weight is 495 g/mol. The normalized spacial score (nSPS) is 17.5. The molecule has 2 atom stereocenters. The molecule has 1 aliphatic heterocycles. The summed E-state index contributed by atoms with van der Waals surface area (Å²) >= 11 is 0. The maximum atomic E-state index is 13.2. The smallest absolute Gasteiger partial charge is 0.416 e. The number of aryl methyl sites for hydroxylation is 2. The number of aromatic nitrogens is 1. The Balaban J connectivity index is 1.46. The molecule has 1 aliphatic rings. The number of oxazole rings is 1. The van der Waals surface area contributed by atoms with Crippen LogP contribution in [0.4, 0.5) is 4.79 Å². The van der Waals surface area contributed by atoms with Crippen molar-refractivity contribution in [3.8, 4) is 17.2 Å². The molecule has 2 aromatic carbocycles. The van der Waals surface area contributed by atoms with Gasteiger partial charge in [0, 0.05) is 13.3 Å². The fourth-order valence-electron chi connectivity index (χ4n) is 4.48. The molecule has 9 nitrogen and oxygen atoms in total. The molecule has 1 aromatic heterocycles. The summed E-state index contributed by atoms with van der Waals surface area (Å²) in [7, 11) is 1.55. The number of likely N-dealkylation sites (tertiary alicyclic amines) is 1. The first-order valence-corrected chi connectivity index (χ1v) is 11.9. The van der Waals surface area contributed by atoms with E-state index in [4.69, 9.17) is 18.6 Å². The molecule has 1 amide bonds. The number of ether oxygens (including phenoxy) is 3. The van der Waals surface area contributed by atoms with Crippen molar-refractivity contribution in [2.75, 3.05) is 13.7 Å².